The van der Waals surface area contributed by atoms with Gasteiger partial charge in [-0.25, -0.2) is 0 Å². The van der Waals surface area contributed by atoms with E-state index in [1.165, 1.54) is 31.0 Å². The lowest BCUT2D eigenvalue weighted by Crippen LogP contribution is -2.40. The van der Waals surface area contributed by atoms with Crippen LogP contribution in [0, 0.1) is 0 Å². The molecule has 0 bridgehead atoms. The van der Waals surface area contributed by atoms with Gasteiger partial charge in [-0.1, -0.05) is 43.2 Å². The Morgan fingerprint density at radius 3 is 2.84 bits per heavy atom. The number of hydrogen-bond acceptors (Lipinski definition) is 6. The number of para-hydroxylation sites is 2. The number of thioether (sulfide) groups is 1. The number of aromatic nitrogens is 4. The standard InChI is InChI=1S/C17H23N5O2S/c1-12(16(23)18-13-8-4-3-5-9-13)25-17-19-20-21-22(17)14-10-6-7-11-15(14)24-2/h6-7,10-13H,3-5,8-9H2,1-2H3,(H,18,23)/t12-/m0/s1. The summed E-state index contributed by atoms with van der Waals surface area (Å²) >= 11 is 1.35. The number of ether oxygens (including phenoxy) is 1. The van der Waals surface area contributed by atoms with E-state index in [1.807, 2.05) is 31.2 Å². The van der Waals surface area contributed by atoms with Crippen LogP contribution >= 0.6 is 11.8 Å². The van der Waals surface area contributed by atoms with Crippen LogP contribution in [0.3, 0.4) is 0 Å². The molecule has 7 nitrogen and oxygen atoms in total. The van der Waals surface area contributed by atoms with Gasteiger partial charge >= 0.3 is 0 Å². The molecule has 3 rings (SSSR count). The second-order valence-corrected chi connectivity index (χ2v) is 7.46. The van der Waals surface area contributed by atoms with E-state index in [0.29, 0.717) is 16.9 Å². The van der Waals surface area contributed by atoms with Crippen LogP contribution in [0.15, 0.2) is 29.4 Å². The Kier molecular flexibility index (Phi) is 5.91. The number of carbonyl (C=O) groups excluding carboxylic acids is 1. The number of amides is 1. The zero-order valence-corrected chi connectivity index (χ0v) is 15.3. The Morgan fingerprint density at radius 2 is 2.08 bits per heavy atom. The zero-order valence-electron chi connectivity index (χ0n) is 14.5. The molecule has 25 heavy (non-hydrogen) atoms. The fourth-order valence-electron chi connectivity index (χ4n) is 2.99. The van der Waals surface area contributed by atoms with E-state index in [2.05, 4.69) is 20.8 Å². The van der Waals surface area contributed by atoms with Crippen molar-refractivity contribution < 1.29 is 9.53 Å². The summed E-state index contributed by atoms with van der Waals surface area (Å²) in [6.45, 7) is 1.88. The van der Waals surface area contributed by atoms with Crippen molar-refractivity contribution in [2.45, 2.75) is 55.5 Å². The number of methoxy groups -OCH3 is 1. The molecule has 1 aliphatic rings. The second kappa shape index (κ2) is 8.33. The minimum atomic E-state index is -0.276. The van der Waals surface area contributed by atoms with Crippen molar-refractivity contribution in [3.63, 3.8) is 0 Å². The molecule has 8 heteroatoms. The third kappa shape index (κ3) is 4.31. The quantitative estimate of drug-likeness (QED) is 0.797. The molecule has 0 spiro atoms. The molecule has 1 saturated carbocycles. The summed E-state index contributed by atoms with van der Waals surface area (Å²) in [5.74, 6) is 0.711. The van der Waals surface area contributed by atoms with Crippen LogP contribution in [0.25, 0.3) is 5.69 Å². The first-order valence-electron chi connectivity index (χ1n) is 8.58. The van der Waals surface area contributed by atoms with Crippen molar-refractivity contribution in [3.05, 3.63) is 24.3 Å². The molecule has 0 saturated heterocycles. The van der Waals surface area contributed by atoms with Gasteiger partial charge in [0.1, 0.15) is 11.4 Å². The summed E-state index contributed by atoms with van der Waals surface area (Å²) in [6.07, 6.45) is 5.80. The molecular weight excluding hydrogens is 338 g/mol. The number of hydrogen-bond donors (Lipinski definition) is 1. The Balaban J connectivity index is 1.69. The molecule has 0 radical (unpaired) electrons. The fourth-order valence-corrected chi connectivity index (χ4v) is 3.80. The van der Waals surface area contributed by atoms with Gasteiger partial charge in [0, 0.05) is 6.04 Å². The van der Waals surface area contributed by atoms with Crippen molar-refractivity contribution in [1.29, 1.82) is 0 Å². The normalized spacial score (nSPS) is 16.4. The van der Waals surface area contributed by atoms with Gasteiger partial charge in [0.05, 0.1) is 12.4 Å². The summed E-state index contributed by atoms with van der Waals surface area (Å²) in [6, 6.07) is 7.82. The van der Waals surface area contributed by atoms with Gasteiger partial charge in [-0.05, 0) is 42.3 Å². The molecular formula is C17H23N5O2S. The molecule has 1 aromatic heterocycles. The van der Waals surface area contributed by atoms with Gasteiger partial charge in [0.15, 0.2) is 0 Å². The van der Waals surface area contributed by atoms with Crippen LogP contribution in [-0.2, 0) is 4.79 Å². The van der Waals surface area contributed by atoms with Gasteiger partial charge in [-0.2, -0.15) is 4.68 Å². The Morgan fingerprint density at radius 1 is 1.32 bits per heavy atom. The van der Waals surface area contributed by atoms with Gasteiger partial charge < -0.3 is 10.1 Å². The van der Waals surface area contributed by atoms with Crippen molar-refractivity contribution >= 4 is 17.7 Å². The van der Waals surface area contributed by atoms with Crippen LogP contribution in [0.4, 0.5) is 0 Å². The van der Waals surface area contributed by atoms with E-state index < -0.39 is 0 Å². The van der Waals surface area contributed by atoms with Gasteiger partial charge in [-0.3, -0.25) is 4.79 Å². The maximum Gasteiger partial charge on any atom is 0.233 e. The van der Waals surface area contributed by atoms with Crippen LogP contribution < -0.4 is 10.1 Å². The lowest BCUT2D eigenvalue weighted by Gasteiger charge is -2.24. The van der Waals surface area contributed by atoms with Gasteiger partial charge in [0.2, 0.25) is 11.1 Å². The molecule has 1 N–H and O–H groups in total. The summed E-state index contributed by atoms with van der Waals surface area (Å²) in [5.41, 5.74) is 0.748. The van der Waals surface area contributed by atoms with Crippen LogP contribution in [0.1, 0.15) is 39.0 Å². The third-order valence-corrected chi connectivity index (χ3v) is 5.39. The molecule has 1 fully saturated rings. The topological polar surface area (TPSA) is 81.9 Å². The Hall–Kier alpha value is -2.09. The molecule has 1 aromatic carbocycles. The minimum absolute atomic E-state index is 0.0338. The molecule has 1 amide bonds. The maximum atomic E-state index is 12.5. The average molecular weight is 361 g/mol. The van der Waals surface area contributed by atoms with E-state index >= 15 is 0 Å². The summed E-state index contributed by atoms with van der Waals surface area (Å²) < 4.78 is 6.98. The van der Waals surface area contributed by atoms with E-state index in [0.717, 1.165) is 18.5 Å². The predicted molar refractivity (Wildman–Crippen MR) is 96.0 cm³/mol. The maximum absolute atomic E-state index is 12.5. The molecule has 134 valence electrons. The van der Waals surface area contributed by atoms with E-state index in [-0.39, 0.29) is 11.2 Å². The lowest BCUT2D eigenvalue weighted by atomic mass is 9.95. The SMILES string of the molecule is COc1ccccc1-n1nnnc1S[C@@H](C)C(=O)NC1CCCCC1. The third-order valence-electron chi connectivity index (χ3n) is 4.36. The van der Waals surface area contributed by atoms with E-state index in [4.69, 9.17) is 4.74 Å². The Labute approximate surface area is 151 Å². The number of rotatable bonds is 6. The van der Waals surface area contributed by atoms with Crippen LogP contribution in [-0.4, -0.2) is 44.5 Å². The lowest BCUT2D eigenvalue weighted by molar-refractivity contribution is -0.121. The smallest absolute Gasteiger partial charge is 0.233 e. The first kappa shape index (κ1) is 17.7. The van der Waals surface area contributed by atoms with Crippen molar-refractivity contribution in [3.8, 4) is 11.4 Å². The van der Waals surface area contributed by atoms with Gasteiger partial charge in [-0.15, -0.1) is 5.10 Å². The summed E-state index contributed by atoms with van der Waals surface area (Å²) in [5, 5.41) is 15.3. The zero-order chi connectivity index (χ0) is 17.6. The number of nitrogens with zero attached hydrogens (tertiary/aromatic N) is 4. The molecule has 1 atom stereocenters. The Bertz CT molecular complexity index is 715. The van der Waals surface area contributed by atoms with E-state index in [9.17, 15) is 4.79 Å². The molecule has 1 heterocycles. The monoisotopic (exact) mass is 361 g/mol. The predicted octanol–water partition coefficient (Wildman–Crippen LogP) is 2.60. The highest BCUT2D eigenvalue weighted by Gasteiger charge is 2.23. The fraction of sp³-hybridized carbons (Fsp3) is 0.529. The average Bonchev–Trinajstić information content (AvgIpc) is 3.10. The molecule has 0 unspecified atom stereocenters. The number of nitrogens with one attached hydrogen (secondary N) is 1. The van der Waals surface area contributed by atoms with Crippen LogP contribution in [0.2, 0.25) is 0 Å². The van der Waals surface area contributed by atoms with Crippen molar-refractivity contribution in [2.75, 3.05) is 7.11 Å². The van der Waals surface area contributed by atoms with E-state index in [1.54, 1.807) is 11.8 Å². The number of benzene rings is 1. The highest BCUT2D eigenvalue weighted by molar-refractivity contribution is 8.00. The largest absolute Gasteiger partial charge is 0.494 e. The highest BCUT2D eigenvalue weighted by atomic mass is 32.2. The molecule has 2 aromatic rings. The van der Waals surface area contributed by atoms with Crippen LogP contribution in [0.5, 0.6) is 5.75 Å². The number of tetrazole rings is 1. The van der Waals surface area contributed by atoms with Crippen molar-refractivity contribution in [2.24, 2.45) is 0 Å². The molecule has 1 aliphatic carbocycles. The minimum Gasteiger partial charge on any atom is -0.494 e. The number of carbonyl (C=O) groups is 1. The summed E-state index contributed by atoms with van der Waals surface area (Å²) in [7, 11) is 1.61. The van der Waals surface area contributed by atoms with Gasteiger partial charge in [0.25, 0.3) is 0 Å². The van der Waals surface area contributed by atoms with Crippen molar-refractivity contribution in [1.82, 2.24) is 25.5 Å². The first-order valence-corrected chi connectivity index (χ1v) is 9.46. The second-order valence-electron chi connectivity index (χ2n) is 6.15. The highest BCUT2D eigenvalue weighted by Crippen LogP contribution is 2.28. The molecule has 0 aliphatic heterocycles. The summed E-state index contributed by atoms with van der Waals surface area (Å²) in [4.78, 5) is 12.5. The first-order chi connectivity index (χ1) is 12.2.